The minimum atomic E-state index is -4.65. The molecule has 0 fully saturated rings. The van der Waals surface area contributed by atoms with Crippen molar-refractivity contribution in [2.75, 3.05) is 5.73 Å². The number of anilines is 1. The predicted octanol–water partition coefficient (Wildman–Crippen LogP) is 1.62. The van der Waals surface area contributed by atoms with Gasteiger partial charge in [-0.15, -0.1) is 0 Å². The minimum absolute atomic E-state index is 0.332. The zero-order valence-electron chi connectivity index (χ0n) is 10.1. The summed E-state index contributed by atoms with van der Waals surface area (Å²) in [5.41, 5.74) is 2.77. The number of nitrogens with zero attached hydrogens (tertiary/aromatic N) is 2. The standard InChI is InChI=1S/C10H14F3N3O2/c1-5(9(2,3)17)18-7-6(10(11,12)13)4-15-8(14)16-7/h4-5,17H,1-3H3,(H2,14,15,16)/t5-/m1/s1. The molecule has 1 heterocycles. The van der Waals surface area contributed by atoms with Gasteiger partial charge in [-0.2, -0.15) is 18.2 Å². The lowest BCUT2D eigenvalue weighted by atomic mass is 10.0. The Morgan fingerprint density at radius 1 is 1.39 bits per heavy atom. The highest BCUT2D eigenvalue weighted by Gasteiger charge is 2.37. The predicted molar refractivity (Wildman–Crippen MR) is 57.8 cm³/mol. The van der Waals surface area contributed by atoms with E-state index in [0.717, 1.165) is 0 Å². The fourth-order valence-electron chi connectivity index (χ4n) is 0.975. The lowest BCUT2D eigenvalue weighted by Gasteiger charge is -2.27. The number of ether oxygens (including phenoxy) is 1. The zero-order chi connectivity index (χ0) is 14.1. The Hall–Kier alpha value is -1.57. The van der Waals surface area contributed by atoms with Crippen molar-refractivity contribution in [3.8, 4) is 5.88 Å². The number of hydrogen-bond acceptors (Lipinski definition) is 5. The van der Waals surface area contributed by atoms with E-state index in [-0.39, 0.29) is 5.95 Å². The van der Waals surface area contributed by atoms with Gasteiger partial charge in [0.2, 0.25) is 11.8 Å². The van der Waals surface area contributed by atoms with Gasteiger partial charge in [0.25, 0.3) is 0 Å². The van der Waals surface area contributed by atoms with Crippen LogP contribution in [0.5, 0.6) is 5.88 Å². The van der Waals surface area contributed by atoms with Gasteiger partial charge in [-0.25, -0.2) is 4.98 Å². The molecule has 0 bridgehead atoms. The van der Waals surface area contributed by atoms with Crippen LogP contribution in [0.2, 0.25) is 0 Å². The van der Waals surface area contributed by atoms with Crippen LogP contribution in [0, 0.1) is 0 Å². The molecular formula is C10H14F3N3O2. The molecule has 0 aliphatic rings. The minimum Gasteiger partial charge on any atom is -0.471 e. The molecule has 5 nitrogen and oxygen atoms in total. The molecule has 0 unspecified atom stereocenters. The van der Waals surface area contributed by atoms with Crippen molar-refractivity contribution >= 4 is 5.95 Å². The third kappa shape index (κ3) is 3.46. The number of aliphatic hydroxyl groups is 1. The van der Waals surface area contributed by atoms with E-state index in [2.05, 4.69) is 9.97 Å². The van der Waals surface area contributed by atoms with Crippen molar-refractivity contribution in [1.29, 1.82) is 0 Å². The third-order valence-electron chi connectivity index (χ3n) is 2.36. The molecule has 0 radical (unpaired) electrons. The molecule has 1 aromatic heterocycles. The maximum atomic E-state index is 12.7. The Labute approximate surface area is 102 Å². The van der Waals surface area contributed by atoms with E-state index in [9.17, 15) is 18.3 Å². The van der Waals surface area contributed by atoms with Crippen LogP contribution in [0.15, 0.2) is 6.20 Å². The van der Waals surface area contributed by atoms with E-state index in [1.165, 1.54) is 20.8 Å². The maximum Gasteiger partial charge on any atom is 0.423 e. The van der Waals surface area contributed by atoms with Crippen molar-refractivity contribution in [3.63, 3.8) is 0 Å². The SMILES string of the molecule is C[C@@H](Oc1nc(N)ncc1C(F)(F)F)C(C)(C)O. The Balaban J connectivity index is 3.11. The first-order valence-electron chi connectivity index (χ1n) is 5.10. The van der Waals surface area contributed by atoms with Crippen molar-refractivity contribution < 1.29 is 23.0 Å². The van der Waals surface area contributed by atoms with Crippen LogP contribution < -0.4 is 10.5 Å². The molecule has 0 aliphatic carbocycles. The lowest BCUT2D eigenvalue weighted by Crippen LogP contribution is -2.38. The molecular weight excluding hydrogens is 251 g/mol. The Bertz CT molecular complexity index is 429. The van der Waals surface area contributed by atoms with Crippen LogP contribution in [0.3, 0.4) is 0 Å². The molecule has 0 aliphatic heterocycles. The summed E-state index contributed by atoms with van der Waals surface area (Å²) in [6.07, 6.45) is -5.00. The normalized spacial score (nSPS) is 14.4. The van der Waals surface area contributed by atoms with Gasteiger partial charge in [0, 0.05) is 6.20 Å². The quantitative estimate of drug-likeness (QED) is 0.867. The van der Waals surface area contributed by atoms with Crippen molar-refractivity contribution in [2.24, 2.45) is 0 Å². The van der Waals surface area contributed by atoms with Crippen LogP contribution in [0.1, 0.15) is 26.3 Å². The number of halogens is 3. The molecule has 3 N–H and O–H groups in total. The van der Waals surface area contributed by atoms with Crippen LogP contribution in [-0.2, 0) is 6.18 Å². The highest BCUT2D eigenvalue weighted by molar-refractivity contribution is 5.32. The summed E-state index contributed by atoms with van der Waals surface area (Å²) in [5.74, 6) is -1.02. The number of rotatable bonds is 3. The number of aromatic nitrogens is 2. The summed E-state index contributed by atoms with van der Waals surface area (Å²) in [6.45, 7) is 4.25. The van der Waals surface area contributed by atoms with E-state index in [0.29, 0.717) is 6.20 Å². The van der Waals surface area contributed by atoms with Crippen molar-refractivity contribution in [2.45, 2.75) is 38.7 Å². The Kier molecular flexibility index (Phi) is 3.70. The molecule has 1 atom stereocenters. The summed E-state index contributed by atoms with van der Waals surface area (Å²) in [5, 5.41) is 9.63. The summed E-state index contributed by atoms with van der Waals surface area (Å²) in [7, 11) is 0. The first-order chi connectivity index (χ1) is 8.01. The molecule has 0 aromatic carbocycles. The second-order valence-electron chi connectivity index (χ2n) is 4.36. The Morgan fingerprint density at radius 3 is 2.39 bits per heavy atom. The molecule has 1 aromatic rings. The van der Waals surface area contributed by atoms with Gasteiger partial charge < -0.3 is 15.6 Å². The average molecular weight is 265 g/mol. The fraction of sp³-hybridized carbons (Fsp3) is 0.600. The van der Waals surface area contributed by atoms with Crippen LogP contribution >= 0.6 is 0 Å². The Morgan fingerprint density at radius 2 is 1.94 bits per heavy atom. The zero-order valence-corrected chi connectivity index (χ0v) is 10.1. The van der Waals surface area contributed by atoms with Gasteiger partial charge in [-0.3, -0.25) is 0 Å². The van der Waals surface area contributed by atoms with Gasteiger partial charge in [-0.05, 0) is 20.8 Å². The first-order valence-corrected chi connectivity index (χ1v) is 5.10. The summed E-state index contributed by atoms with van der Waals surface area (Å²) in [6, 6.07) is 0. The van der Waals surface area contributed by atoms with E-state index in [1.54, 1.807) is 0 Å². The summed E-state index contributed by atoms with van der Waals surface area (Å²) in [4.78, 5) is 6.69. The van der Waals surface area contributed by atoms with Crippen molar-refractivity contribution in [1.82, 2.24) is 9.97 Å². The largest absolute Gasteiger partial charge is 0.471 e. The van der Waals surface area contributed by atoms with E-state index < -0.39 is 29.3 Å². The molecule has 102 valence electrons. The van der Waals surface area contributed by atoms with Gasteiger partial charge in [0.1, 0.15) is 11.7 Å². The second-order valence-corrected chi connectivity index (χ2v) is 4.36. The third-order valence-corrected chi connectivity index (χ3v) is 2.36. The number of hydrogen-bond donors (Lipinski definition) is 2. The van der Waals surface area contributed by atoms with Gasteiger partial charge >= 0.3 is 6.18 Å². The lowest BCUT2D eigenvalue weighted by molar-refractivity contribution is -0.141. The monoisotopic (exact) mass is 265 g/mol. The van der Waals surface area contributed by atoms with Crippen LogP contribution in [0.4, 0.5) is 19.1 Å². The number of nitrogens with two attached hydrogens (primary N) is 1. The van der Waals surface area contributed by atoms with E-state index in [1.807, 2.05) is 0 Å². The van der Waals surface area contributed by atoms with Crippen LogP contribution in [-0.4, -0.2) is 26.8 Å². The molecule has 0 saturated heterocycles. The first kappa shape index (κ1) is 14.5. The van der Waals surface area contributed by atoms with Gasteiger partial charge in [0.15, 0.2) is 0 Å². The molecule has 1 rings (SSSR count). The topological polar surface area (TPSA) is 81.3 Å². The molecule has 0 saturated carbocycles. The van der Waals surface area contributed by atoms with Crippen LogP contribution in [0.25, 0.3) is 0 Å². The summed E-state index contributed by atoms with van der Waals surface area (Å²) < 4.78 is 43.0. The molecule has 8 heteroatoms. The number of nitrogen functional groups attached to an aromatic ring is 1. The van der Waals surface area contributed by atoms with E-state index in [4.69, 9.17) is 10.5 Å². The average Bonchev–Trinajstić information content (AvgIpc) is 2.13. The number of alkyl halides is 3. The molecule has 0 spiro atoms. The maximum absolute atomic E-state index is 12.7. The second kappa shape index (κ2) is 4.60. The molecule has 18 heavy (non-hydrogen) atoms. The highest BCUT2D eigenvalue weighted by atomic mass is 19.4. The van der Waals surface area contributed by atoms with E-state index >= 15 is 0 Å². The summed E-state index contributed by atoms with van der Waals surface area (Å²) >= 11 is 0. The molecule has 0 amide bonds. The van der Waals surface area contributed by atoms with Gasteiger partial charge in [0.05, 0.1) is 5.60 Å². The highest BCUT2D eigenvalue weighted by Crippen LogP contribution is 2.35. The van der Waals surface area contributed by atoms with Gasteiger partial charge in [-0.1, -0.05) is 0 Å². The fourth-order valence-corrected chi connectivity index (χ4v) is 0.975. The van der Waals surface area contributed by atoms with Crippen molar-refractivity contribution in [3.05, 3.63) is 11.8 Å². The smallest absolute Gasteiger partial charge is 0.423 e.